The Morgan fingerprint density at radius 1 is 1.10 bits per heavy atom. The van der Waals surface area contributed by atoms with Gasteiger partial charge in [-0.25, -0.2) is 4.79 Å². The van der Waals surface area contributed by atoms with Gasteiger partial charge >= 0.3 is 6.09 Å². The Hall–Kier alpha value is -3.81. The maximum absolute atomic E-state index is 12.4. The minimum atomic E-state index is -0.505. The van der Waals surface area contributed by atoms with Crippen molar-refractivity contribution in [2.45, 2.75) is 25.5 Å². The van der Waals surface area contributed by atoms with Crippen molar-refractivity contribution >= 4 is 29.3 Å². The van der Waals surface area contributed by atoms with Gasteiger partial charge in [0.15, 0.2) is 0 Å². The van der Waals surface area contributed by atoms with E-state index in [0.29, 0.717) is 42.9 Å². The summed E-state index contributed by atoms with van der Waals surface area (Å²) in [5.74, 6) is -0.370. The smallest absolute Gasteiger partial charge is 0.407 e. The van der Waals surface area contributed by atoms with Gasteiger partial charge in [0.25, 0.3) is 5.91 Å². The number of hydrogen-bond acceptors (Lipinski definition) is 5. The van der Waals surface area contributed by atoms with Crippen LogP contribution in [0.1, 0.15) is 28.8 Å². The Labute approximate surface area is 181 Å². The van der Waals surface area contributed by atoms with Gasteiger partial charge in [0.2, 0.25) is 5.91 Å². The third-order valence-corrected chi connectivity index (χ3v) is 5.06. The van der Waals surface area contributed by atoms with Crippen LogP contribution >= 0.6 is 0 Å². The molecule has 8 heteroatoms. The monoisotopic (exact) mass is 422 g/mol. The first kappa shape index (κ1) is 21.9. The Bertz CT molecular complexity index is 950. The van der Waals surface area contributed by atoms with Crippen molar-refractivity contribution in [3.63, 3.8) is 0 Å². The van der Waals surface area contributed by atoms with Crippen molar-refractivity contribution in [2.24, 2.45) is 0 Å². The summed E-state index contributed by atoms with van der Waals surface area (Å²) in [6.07, 6.45) is 1.77. The van der Waals surface area contributed by atoms with Crippen LogP contribution in [0.15, 0.2) is 61.2 Å². The van der Waals surface area contributed by atoms with Crippen LogP contribution in [-0.4, -0.2) is 42.0 Å². The van der Waals surface area contributed by atoms with Crippen molar-refractivity contribution in [1.82, 2.24) is 10.2 Å². The molecule has 1 fully saturated rings. The SMILES string of the molecule is C=CC(=O)N1CCC(OC(=O)NCc2ccc(C(=O)Nc3ccccc3N)cc2)CC1. The number of benzene rings is 2. The van der Waals surface area contributed by atoms with Crippen molar-refractivity contribution in [3.8, 4) is 0 Å². The van der Waals surface area contributed by atoms with Crippen molar-refractivity contribution in [2.75, 3.05) is 24.1 Å². The molecule has 3 rings (SSSR count). The van der Waals surface area contributed by atoms with Crippen LogP contribution in [0.2, 0.25) is 0 Å². The van der Waals surface area contributed by atoms with E-state index in [1.54, 1.807) is 53.4 Å². The molecule has 0 saturated carbocycles. The summed E-state index contributed by atoms with van der Waals surface area (Å²) < 4.78 is 5.42. The molecular weight excluding hydrogens is 396 g/mol. The van der Waals surface area contributed by atoms with Gasteiger partial charge in [0.05, 0.1) is 11.4 Å². The quantitative estimate of drug-likeness (QED) is 0.489. The third-order valence-electron chi connectivity index (χ3n) is 5.06. The normalized spacial score (nSPS) is 13.9. The number of piperidine rings is 1. The molecule has 8 nitrogen and oxygen atoms in total. The molecule has 4 N–H and O–H groups in total. The van der Waals surface area contributed by atoms with E-state index in [1.807, 2.05) is 0 Å². The molecule has 0 bridgehead atoms. The maximum atomic E-state index is 12.4. The van der Waals surface area contributed by atoms with Gasteiger partial charge < -0.3 is 26.0 Å². The lowest BCUT2D eigenvalue weighted by molar-refractivity contribution is -0.127. The highest BCUT2D eigenvalue weighted by Gasteiger charge is 2.24. The highest BCUT2D eigenvalue weighted by molar-refractivity contribution is 6.05. The molecule has 31 heavy (non-hydrogen) atoms. The average Bonchev–Trinajstić information content (AvgIpc) is 2.79. The second kappa shape index (κ2) is 10.3. The fourth-order valence-corrected chi connectivity index (χ4v) is 3.27. The number of alkyl carbamates (subject to hydrolysis) is 1. The third kappa shape index (κ3) is 6.08. The molecule has 2 aromatic carbocycles. The number of nitrogens with zero attached hydrogens (tertiary/aromatic N) is 1. The summed E-state index contributed by atoms with van der Waals surface area (Å²) >= 11 is 0. The van der Waals surface area contributed by atoms with Gasteiger partial charge in [0.1, 0.15) is 6.10 Å². The largest absolute Gasteiger partial charge is 0.446 e. The van der Waals surface area contributed by atoms with E-state index in [9.17, 15) is 14.4 Å². The summed E-state index contributed by atoms with van der Waals surface area (Å²) in [6, 6.07) is 13.9. The molecule has 0 atom stereocenters. The molecule has 1 aliphatic heterocycles. The number of para-hydroxylation sites is 2. The lowest BCUT2D eigenvalue weighted by atomic mass is 10.1. The van der Waals surface area contributed by atoms with E-state index in [0.717, 1.165) is 5.56 Å². The van der Waals surface area contributed by atoms with Crippen LogP contribution in [0.4, 0.5) is 16.2 Å². The van der Waals surface area contributed by atoms with Gasteiger partial charge in [-0.05, 0) is 35.9 Å². The number of nitrogens with two attached hydrogens (primary N) is 1. The summed E-state index contributed by atoms with van der Waals surface area (Å²) in [4.78, 5) is 37.7. The van der Waals surface area contributed by atoms with Gasteiger partial charge in [-0.15, -0.1) is 0 Å². The number of likely N-dealkylation sites (tertiary alicyclic amines) is 1. The summed E-state index contributed by atoms with van der Waals surface area (Å²) in [6.45, 7) is 4.84. The zero-order valence-corrected chi connectivity index (χ0v) is 17.2. The molecule has 1 heterocycles. The number of ether oxygens (including phenoxy) is 1. The van der Waals surface area contributed by atoms with Crippen LogP contribution in [0.5, 0.6) is 0 Å². The lowest BCUT2D eigenvalue weighted by Gasteiger charge is -2.30. The number of rotatable bonds is 6. The highest BCUT2D eigenvalue weighted by atomic mass is 16.6. The summed E-state index contributed by atoms with van der Waals surface area (Å²) in [5, 5.41) is 5.48. The predicted molar refractivity (Wildman–Crippen MR) is 118 cm³/mol. The number of anilines is 2. The second-order valence-corrected chi connectivity index (χ2v) is 7.23. The Balaban J connectivity index is 1.43. The first-order chi connectivity index (χ1) is 15.0. The minimum absolute atomic E-state index is 0.104. The fourth-order valence-electron chi connectivity index (χ4n) is 3.27. The second-order valence-electron chi connectivity index (χ2n) is 7.23. The standard InChI is InChI=1S/C23H26N4O4/c1-2-21(28)27-13-11-18(12-14-27)31-23(30)25-15-16-7-9-17(10-8-16)22(29)26-20-6-4-3-5-19(20)24/h2-10,18H,1,11-15,24H2,(H,25,30)(H,26,29). The molecule has 0 aliphatic carbocycles. The van der Waals surface area contributed by atoms with Gasteiger partial charge in [-0.2, -0.15) is 0 Å². The number of nitrogen functional groups attached to an aromatic ring is 1. The van der Waals surface area contributed by atoms with E-state index in [1.165, 1.54) is 6.08 Å². The van der Waals surface area contributed by atoms with Gasteiger partial charge in [-0.1, -0.05) is 30.8 Å². The van der Waals surface area contributed by atoms with Crippen molar-refractivity contribution < 1.29 is 19.1 Å². The molecule has 0 unspecified atom stereocenters. The molecule has 1 saturated heterocycles. The van der Waals surface area contributed by atoms with E-state index >= 15 is 0 Å². The van der Waals surface area contributed by atoms with E-state index in [-0.39, 0.29) is 24.5 Å². The first-order valence-corrected chi connectivity index (χ1v) is 10.1. The summed E-state index contributed by atoms with van der Waals surface area (Å²) in [7, 11) is 0. The van der Waals surface area contributed by atoms with Crippen LogP contribution in [0.3, 0.4) is 0 Å². The number of hydrogen-bond donors (Lipinski definition) is 3. The zero-order chi connectivity index (χ0) is 22.2. The van der Waals surface area contributed by atoms with Crippen LogP contribution in [0.25, 0.3) is 0 Å². The Kier molecular flexibility index (Phi) is 7.26. The molecular formula is C23H26N4O4. The fraction of sp³-hybridized carbons (Fsp3) is 0.261. The Morgan fingerprint density at radius 2 is 1.77 bits per heavy atom. The van der Waals surface area contributed by atoms with E-state index in [2.05, 4.69) is 17.2 Å². The lowest BCUT2D eigenvalue weighted by Crippen LogP contribution is -2.41. The molecule has 162 valence electrons. The molecule has 0 radical (unpaired) electrons. The van der Waals surface area contributed by atoms with E-state index < -0.39 is 6.09 Å². The Morgan fingerprint density at radius 3 is 2.42 bits per heavy atom. The molecule has 0 spiro atoms. The maximum Gasteiger partial charge on any atom is 0.407 e. The van der Waals surface area contributed by atoms with E-state index in [4.69, 9.17) is 10.5 Å². The van der Waals surface area contributed by atoms with Gasteiger partial charge in [0, 0.05) is 38.0 Å². The highest BCUT2D eigenvalue weighted by Crippen LogP contribution is 2.18. The van der Waals surface area contributed by atoms with Crippen LogP contribution in [0, 0.1) is 0 Å². The first-order valence-electron chi connectivity index (χ1n) is 10.1. The number of amides is 3. The number of carbonyl (C=O) groups excluding carboxylic acids is 3. The van der Waals surface area contributed by atoms with Gasteiger partial charge in [-0.3, -0.25) is 9.59 Å². The predicted octanol–water partition coefficient (Wildman–Crippen LogP) is 2.92. The molecule has 0 aromatic heterocycles. The number of nitrogens with one attached hydrogen (secondary N) is 2. The van der Waals surface area contributed by atoms with Crippen molar-refractivity contribution in [1.29, 1.82) is 0 Å². The average molecular weight is 422 g/mol. The molecule has 2 aromatic rings. The minimum Gasteiger partial charge on any atom is -0.446 e. The molecule has 1 aliphatic rings. The topological polar surface area (TPSA) is 114 Å². The van der Waals surface area contributed by atoms with Crippen LogP contribution < -0.4 is 16.4 Å². The zero-order valence-electron chi connectivity index (χ0n) is 17.2. The van der Waals surface area contributed by atoms with Crippen LogP contribution in [-0.2, 0) is 16.1 Å². The number of carbonyl (C=O) groups is 3. The van der Waals surface area contributed by atoms with Crippen molar-refractivity contribution in [3.05, 3.63) is 72.3 Å². The summed E-state index contributed by atoms with van der Waals surface area (Å²) in [5.41, 5.74) is 8.21. The molecule has 3 amide bonds.